The van der Waals surface area contributed by atoms with Crippen LogP contribution in [0.2, 0.25) is 5.02 Å². The molecule has 0 saturated heterocycles. The van der Waals surface area contributed by atoms with Gasteiger partial charge in [-0.2, -0.15) is 0 Å². The monoisotopic (exact) mass is 466 g/mol. The maximum Gasteiger partial charge on any atom is 0.260 e. The van der Waals surface area contributed by atoms with Crippen molar-refractivity contribution >= 4 is 23.3 Å². The van der Waals surface area contributed by atoms with Gasteiger partial charge in [-0.1, -0.05) is 17.7 Å². The fourth-order valence-electron chi connectivity index (χ4n) is 7.29. The van der Waals surface area contributed by atoms with Crippen molar-refractivity contribution in [1.82, 2.24) is 14.9 Å². The second kappa shape index (κ2) is 8.46. The number of amides is 1. The number of fused-ring (bicyclic) bond motifs is 1. The van der Waals surface area contributed by atoms with Gasteiger partial charge in [-0.15, -0.1) is 0 Å². The molecule has 6 nitrogen and oxygen atoms in total. The third kappa shape index (κ3) is 4.30. The van der Waals surface area contributed by atoms with Crippen molar-refractivity contribution in [3.63, 3.8) is 0 Å². The van der Waals surface area contributed by atoms with Gasteiger partial charge in [-0.25, -0.2) is 9.97 Å². The molecule has 1 N–H and O–H groups in total. The maximum atomic E-state index is 12.7. The summed E-state index contributed by atoms with van der Waals surface area (Å²) in [7, 11) is 0. The largest absolute Gasteiger partial charge is 0.484 e. The highest BCUT2D eigenvalue weighted by Crippen LogP contribution is 2.59. The van der Waals surface area contributed by atoms with E-state index in [1.54, 1.807) is 24.5 Å². The number of halogens is 1. The summed E-state index contributed by atoms with van der Waals surface area (Å²) < 4.78 is 5.65. The molecular weight excluding hydrogens is 436 g/mol. The van der Waals surface area contributed by atoms with E-state index >= 15 is 0 Å². The Labute approximate surface area is 200 Å². The van der Waals surface area contributed by atoms with E-state index in [2.05, 4.69) is 15.3 Å². The minimum Gasteiger partial charge on any atom is -0.484 e. The molecule has 0 radical (unpaired) electrons. The highest BCUT2D eigenvalue weighted by Gasteiger charge is 2.50. The third-order valence-corrected chi connectivity index (χ3v) is 8.55. The molecule has 33 heavy (non-hydrogen) atoms. The number of ether oxygens (including phenoxy) is 1. The molecule has 1 aliphatic heterocycles. The highest BCUT2D eigenvalue weighted by atomic mass is 35.5. The molecule has 4 bridgehead atoms. The summed E-state index contributed by atoms with van der Waals surface area (Å²) in [5.74, 6) is 4.38. The lowest BCUT2D eigenvalue weighted by atomic mass is 9.49. The number of aromatic nitrogens is 2. The standard InChI is InChI=1S/C26H31ClN4O2/c27-20-2-1-3-21(9-20)33-14-24(32)31-5-4-22-23(13-31)29-16-30-25(22)28-15-26-10-17-6-18(11-26)8-19(7-17)12-26/h1-3,9,16-19H,4-8,10-15H2,(H,28,29,30). The average Bonchev–Trinajstić information content (AvgIpc) is 2.80. The lowest BCUT2D eigenvalue weighted by Gasteiger charge is -2.57. The quantitative estimate of drug-likeness (QED) is 0.667. The summed E-state index contributed by atoms with van der Waals surface area (Å²) in [6, 6.07) is 7.12. The number of rotatable bonds is 6. The number of nitrogens with one attached hydrogen (secondary N) is 1. The first-order valence-electron chi connectivity index (χ1n) is 12.3. The maximum absolute atomic E-state index is 12.7. The second-order valence-corrected chi connectivity index (χ2v) is 11.2. The van der Waals surface area contributed by atoms with Crippen molar-refractivity contribution in [2.45, 2.75) is 51.5 Å². The molecule has 1 amide bonds. The van der Waals surface area contributed by atoms with E-state index < -0.39 is 0 Å². The van der Waals surface area contributed by atoms with Crippen LogP contribution in [0.4, 0.5) is 5.82 Å². The molecule has 0 unspecified atom stereocenters. The van der Waals surface area contributed by atoms with E-state index in [1.165, 1.54) is 44.1 Å². The zero-order valence-electron chi connectivity index (χ0n) is 18.9. The van der Waals surface area contributed by atoms with Gasteiger partial charge in [0, 0.05) is 23.7 Å². The summed E-state index contributed by atoms with van der Waals surface area (Å²) in [5, 5.41) is 4.33. The number of hydrogen-bond donors (Lipinski definition) is 1. The zero-order valence-corrected chi connectivity index (χ0v) is 19.7. The number of nitrogens with zero attached hydrogens (tertiary/aromatic N) is 3. The van der Waals surface area contributed by atoms with Crippen LogP contribution in [0.1, 0.15) is 49.8 Å². The SMILES string of the molecule is O=C(COc1cccc(Cl)c1)N1CCc2c(ncnc2NCC23CC4CC(CC(C4)C2)C3)C1. The third-order valence-electron chi connectivity index (χ3n) is 8.31. The molecule has 1 aromatic carbocycles. The molecule has 4 fully saturated rings. The van der Waals surface area contributed by atoms with Gasteiger partial charge in [-0.05, 0) is 86.3 Å². The Kier molecular flexibility index (Phi) is 5.44. The normalized spacial score (nSPS) is 29.6. The summed E-state index contributed by atoms with van der Waals surface area (Å²) in [4.78, 5) is 23.7. The summed E-state index contributed by atoms with van der Waals surface area (Å²) in [6.07, 6.45) is 10.9. The first-order valence-corrected chi connectivity index (χ1v) is 12.7. The lowest BCUT2D eigenvalue weighted by molar-refractivity contribution is -0.134. The minimum absolute atomic E-state index is 0.00210. The van der Waals surface area contributed by atoms with Crippen molar-refractivity contribution in [2.75, 3.05) is 25.0 Å². The number of carbonyl (C=O) groups is 1. The van der Waals surface area contributed by atoms with Gasteiger partial charge < -0.3 is 15.0 Å². The van der Waals surface area contributed by atoms with Crippen LogP contribution < -0.4 is 10.1 Å². The van der Waals surface area contributed by atoms with E-state index in [4.69, 9.17) is 16.3 Å². The highest BCUT2D eigenvalue weighted by molar-refractivity contribution is 6.30. The van der Waals surface area contributed by atoms with E-state index in [0.29, 0.717) is 29.3 Å². The van der Waals surface area contributed by atoms with E-state index in [1.807, 2.05) is 11.0 Å². The summed E-state index contributed by atoms with van der Waals surface area (Å²) in [5.41, 5.74) is 2.57. The first-order chi connectivity index (χ1) is 16.1. The fourth-order valence-corrected chi connectivity index (χ4v) is 7.47. The van der Waals surface area contributed by atoms with Crippen LogP contribution in [0.25, 0.3) is 0 Å². The van der Waals surface area contributed by atoms with Gasteiger partial charge in [0.2, 0.25) is 0 Å². The zero-order chi connectivity index (χ0) is 22.4. The lowest BCUT2D eigenvalue weighted by Crippen LogP contribution is -2.49. The summed E-state index contributed by atoms with van der Waals surface area (Å²) in [6.45, 7) is 2.18. The van der Waals surface area contributed by atoms with Crippen LogP contribution in [0.15, 0.2) is 30.6 Å². The van der Waals surface area contributed by atoms with E-state index in [0.717, 1.165) is 42.2 Å². The van der Waals surface area contributed by atoms with Crippen LogP contribution in [0.5, 0.6) is 5.75 Å². The Morgan fingerprint density at radius 2 is 1.91 bits per heavy atom. The number of carbonyl (C=O) groups excluding carboxylic acids is 1. The van der Waals surface area contributed by atoms with Crippen LogP contribution >= 0.6 is 11.6 Å². The predicted molar refractivity (Wildman–Crippen MR) is 127 cm³/mol. The molecule has 2 aromatic rings. The van der Waals surface area contributed by atoms with Crippen molar-refractivity contribution in [2.24, 2.45) is 23.2 Å². The Bertz CT molecular complexity index is 1020. The fraction of sp³-hybridized carbons (Fsp3) is 0.577. The number of benzene rings is 1. The molecule has 174 valence electrons. The molecule has 0 spiro atoms. The van der Waals surface area contributed by atoms with Crippen molar-refractivity contribution in [1.29, 1.82) is 0 Å². The molecule has 5 aliphatic rings. The van der Waals surface area contributed by atoms with Gasteiger partial charge in [0.1, 0.15) is 17.9 Å². The summed E-state index contributed by atoms with van der Waals surface area (Å²) >= 11 is 6.00. The predicted octanol–water partition coefficient (Wildman–Crippen LogP) is 4.72. The van der Waals surface area contributed by atoms with Crippen molar-refractivity contribution < 1.29 is 9.53 Å². The Hall–Kier alpha value is -2.34. The van der Waals surface area contributed by atoms with Crippen molar-refractivity contribution in [3.8, 4) is 5.75 Å². The molecule has 0 atom stereocenters. The van der Waals surface area contributed by atoms with Crippen LogP contribution in [0, 0.1) is 23.2 Å². The molecule has 4 aliphatic carbocycles. The molecule has 7 heteroatoms. The smallest absolute Gasteiger partial charge is 0.260 e. The van der Waals surface area contributed by atoms with Crippen molar-refractivity contribution in [3.05, 3.63) is 46.9 Å². The Morgan fingerprint density at radius 1 is 1.15 bits per heavy atom. The second-order valence-electron chi connectivity index (χ2n) is 10.7. The van der Waals surface area contributed by atoms with Gasteiger partial charge in [0.05, 0.1) is 12.2 Å². The van der Waals surface area contributed by atoms with Gasteiger partial charge in [-0.3, -0.25) is 4.79 Å². The van der Waals surface area contributed by atoms with Crippen LogP contribution in [0.3, 0.4) is 0 Å². The molecule has 7 rings (SSSR count). The van der Waals surface area contributed by atoms with Crippen LogP contribution in [-0.2, 0) is 17.8 Å². The van der Waals surface area contributed by atoms with Gasteiger partial charge in [0.25, 0.3) is 5.91 Å². The average molecular weight is 467 g/mol. The molecule has 1 aromatic heterocycles. The molecule has 4 saturated carbocycles. The van der Waals surface area contributed by atoms with Gasteiger partial charge in [0.15, 0.2) is 6.61 Å². The molecular formula is C26H31ClN4O2. The Balaban J connectivity index is 1.09. The van der Waals surface area contributed by atoms with Gasteiger partial charge >= 0.3 is 0 Å². The van der Waals surface area contributed by atoms with E-state index in [-0.39, 0.29) is 12.5 Å². The molecule has 2 heterocycles. The van der Waals surface area contributed by atoms with E-state index in [9.17, 15) is 4.79 Å². The number of hydrogen-bond acceptors (Lipinski definition) is 5. The Morgan fingerprint density at radius 3 is 2.64 bits per heavy atom. The minimum atomic E-state index is -0.0395. The number of anilines is 1. The first kappa shape index (κ1) is 21.2. The topological polar surface area (TPSA) is 67.3 Å². The van der Waals surface area contributed by atoms with Crippen LogP contribution in [-0.4, -0.2) is 40.5 Å².